The van der Waals surface area contributed by atoms with E-state index in [4.69, 9.17) is 9.47 Å². The van der Waals surface area contributed by atoms with Gasteiger partial charge >= 0.3 is 0 Å². The van der Waals surface area contributed by atoms with Gasteiger partial charge in [-0.25, -0.2) is 8.42 Å². The van der Waals surface area contributed by atoms with Crippen molar-refractivity contribution < 1.29 is 27.9 Å². The van der Waals surface area contributed by atoms with E-state index >= 15 is 0 Å². The van der Waals surface area contributed by atoms with Gasteiger partial charge in [0.15, 0.2) is 11.5 Å². The lowest BCUT2D eigenvalue weighted by molar-refractivity contribution is -0.385. The zero-order valence-electron chi connectivity index (χ0n) is 18.3. The molecule has 34 heavy (non-hydrogen) atoms. The summed E-state index contributed by atoms with van der Waals surface area (Å²) < 4.78 is 39.1. The molecule has 11 nitrogen and oxygen atoms in total. The zero-order chi connectivity index (χ0) is 24.7. The number of sulfonamides is 1. The maximum absolute atomic E-state index is 13.1. The first-order chi connectivity index (χ1) is 16.3. The van der Waals surface area contributed by atoms with Gasteiger partial charge in [-0.15, -0.1) is 0 Å². The Morgan fingerprint density at radius 1 is 1.09 bits per heavy atom. The Kier molecular flexibility index (Phi) is 7.53. The standard InChI is InChI=1S/C22H22N4O7S/c1-3-33-20-10-6-7-15(22(20)27)14-23-24-18-12-11-16(26(28)29)13-21(18)34(30,31)25-17-8-4-5-9-19(17)32-2/h4-14,24-25,27H,3H2,1-2H3. The van der Waals surface area contributed by atoms with Crippen molar-refractivity contribution in [1.82, 2.24) is 0 Å². The number of hydrazone groups is 1. The van der Waals surface area contributed by atoms with Gasteiger partial charge in [-0.1, -0.05) is 18.2 Å². The molecule has 0 aromatic heterocycles. The molecule has 178 valence electrons. The summed E-state index contributed by atoms with van der Waals surface area (Å²) in [6.45, 7) is 2.13. The van der Waals surface area contributed by atoms with E-state index in [0.717, 1.165) is 12.1 Å². The van der Waals surface area contributed by atoms with E-state index in [1.54, 1.807) is 43.3 Å². The highest BCUT2D eigenvalue weighted by Crippen LogP contribution is 2.32. The van der Waals surface area contributed by atoms with Crippen molar-refractivity contribution in [3.8, 4) is 17.2 Å². The van der Waals surface area contributed by atoms with Crippen molar-refractivity contribution >= 4 is 33.3 Å². The fourth-order valence-corrected chi connectivity index (χ4v) is 4.20. The largest absolute Gasteiger partial charge is 0.504 e. The molecule has 0 amide bonds. The predicted molar refractivity (Wildman–Crippen MR) is 127 cm³/mol. The van der Waals surface area contributed by atoms with Gasteiger partial charge in [0.05, 0.1) is 36.2 Å². The van der Waals surface area contributed by atoms with Crippen molar-refractivity contribution in [2.45, 2.75) is 11.8 Å². The third-order valence-corrected chi connectivity index (χ3v) is 5.94. The number of methoxy groups -OCH3 is 1. The summed E-state index contributed by atoms with van der Waals surface area (Å²) >= 11 is 0. The van der Waals surface area contributed by atoms with Crippen molar-refractivity contribution in [3.05, 3.63) is 76.3 Å². The topological polar surface area (TPSA) is 152 Å². The molecule has 0 saturated carbocycles. The first-order valence-electron chi connectivity index (χ1n) is 9.95. The van der Waals surface area contributed by atoms with Crippen LogP contribution in [-0.4, -0.2) is 38.4 Å². The molecule has 0 unspecified atom stereocenters. The molecule has 0 aliphatic heterocycles. The van der Waals surface area contributed by atoms with E-state index < -0.39 is 25.5 Å². The van der Waals surface area contributed by atoms with Crippen LogP contribution in [0.5, 0.6) is 17.2 Å². The number of hydrogen-bond donors (Lipinski definition) is 3. The number of nitro benzene ring substituents is 1. The molecule has 0 aliphatic carbocycles. The number of anilines is 2. The second kappa shape index (κ2) is 10.5. The first kappa shape index (κ1) is 24.3. The van der Waals surface area contributed by atoms with Gasteiger partial charge in [0.25, 0.3) is 15.7 Å². The van der Waals surface area contributed by atoms with Crippen LogP contribution in [0.4, 0.5) is 17.1 Å². The van der Waals surface area contributed by atoms with Crippen molar-refractivity contribution in [2.24, 2.45) is 5.10 Å². The Bertz CT molecular complexity index is 1330. The monoisotopic (exact) mass is 486 g/mol. The number of phenols is 1. The zero-order valence-corrected chi connectivity index (χ0v) is 19.1. The Labute approximate surface area is 195 Å². The van der Waals surface area contributed by atoms with Gasteiger partial charge in [0.2, 0.25) is 0 Å². The van der Waals surface area contributed by atoms with Gasteiger partial charge in [-0.05, 0) is 37.3 Å². The summed E-state index contributed by atoms with van der Waals surface area (Å²) in [5.74, 6) is 0.407. The molecule has 0 aliphatic rings. The molecule has 0 spiro atoms. The minimum absolute atomic E-state index is 0.0234. The van der Waals surface area contributed by atoms with E-state index in [0.29, 0.717) is 12.2 Å². The maximum Gasteiger partial charge on any atom is 0.270 e. The summed E-state index contributed by atoms with van der Waals surface area (Å²) in [6, 6.07) is 14.5. The number of para-hydroxylation sites is 3. The minimum atomic E-state index is -4.29. The maximum atomic E-state index is 13.1. The molecule has 0 radical (unpaired) electrons. The number of aromatic hydroxyl groups is 1. The third-order valence-electron chi connectivity index (χ3n) is 4.54. The number of phenolic OH excluding ortho intramolecular Hbond substituents is 1. The van der Waals surface area contributed by atoms with E-state index in [-0.39, 0.29) is 28.6 Å². The molecular formula is C22H22N4O7S. The highest BCUT2D eigenvalue weighted by atomic mass is 32.2. The molecule has 0 fully saturated rings. The van der Waals surface area contributed by atoms with Crippen LogP contribution < -0.4 is 19.6 Å². The van der Waals surface area contributed by atoms with Crippen LogP contribution in [0.3, 0.4) is 0 Å². The number of nitrogens with zero attached hydrogens (tertiary/aromatic N) is 2. The van der Waals surface area contributed by atoms with Crippen LogP contribution in [0.25, 0.3) is 0 Å². The van der Waals surface area contributed by atoms with Crippen LogP contribution in [0.15, 0.2) is 70.7 Å². The van der Waals surface area contributed by atoms with Crippen LogP contribution in [0.2, 0.25) is 0 Å². The molecule has 0 atom stereocenters. The molecule has 3 aromatic carbocycles. The smallest absolute Gasteiger partial charge is 0.270 e. The van der Waals surface area contributed by atoms with Crippen LogP contribution in [0, 0.1) is 10.1 Å². The molecule has 0 heterocycles. The summed E-state index contributed by atoms with van der Waals surface area (Å²) in [4.78, 5) is 10.1. The molecule has 0 bridgehead atoms. The number of nitro groups is 1. The summed E-state index contributed by atoms with van der Waals surface area (Å²) in [7, 11) is -2.90. The van der Waals surface area contributed by atoms with Crippen molar-refractivity contribution in [3.63, 3.8) is 0 Å². The second-order valence-corrected chi connectivity index (χ2v) is 8.39. The van der Waals surface area contributed by atoms with E-state index in [1.165, 1.54) is 25.5 Å². The van der Waals surface area contributed by atoms with Crippen LogP contribution in [0.1, 0.15) is 12.5 Å². The third kappa shape index (κ3) is 5.53. The first-order valence-corrected chi connectivity index (χ1v) is 11.4. The molecule has 3 rings (SSSR count). The number of ether oxygens (including phenoxy) is 2. The van der Waals surface area contributed by atoms with E-state index in [2.05, 4.69) is 15.2 Å². The molecule has 3 N–H and O–H groups in total. The van der Waals surface area contributed by atoms with E-state index in [1.807, 2.05) is 0 Å². The highest BCUT2D eigenvalue weighted by Gasteiger charge is 2.23. The average molecular weight is 487 g/mol. The van der Waals surface area contributed by atoms with Crippen LogP contribution in [-0.2, 0) is 10.0 Å². The Balaban J connectivity index is 1.95. The fraction of sp³-hybridized carbons (Fsp3) is 0.136. The van der Waals surface area contributed by atoms with Gasteiger partial charge in [0.1, 0.15) is 10.6 Å². The lowest BCUT2D eigenvalue weighted by Gasteiger charge is -2.14. The summed E-state index contributed by atoms with van der Waals surface area (Å²) in [5, 5.41) is 25.5. The normalized spacial score (nSPS) is 11.2. The highest BCUT2D eigenvalue weighted by molar-refractivity contribution is 7.93. The quantitative estimate of drug-likeness (QED) is 0.221. The molecular weight excluding hydrogens is 464 g/mol. The Hall–Kier alpha value is -4.32. The van der Waals surface area contributed by atoms with Gasteiger partial charge in [0, 0.05) is 17.7 Å². The van der Waals surface area contributed by atoms with Crippen LogP contribution >= 0.6 is 0 Å². The lowest BCUT2D eigenvalue weighted by atomic mass is 10.2. The van der Waals surface area contributed by atoms with Gasteiger partial charge < -0.3 is 14.6 Å². The number of non-ortho nitro benzene ring substituents is 1. The number of rotatable bonds is 10. The SMILES string of the molecule is CCOc1cccc(C=NNc2ccc([N+](=O)[O-])cc2S(=O)(=O)Nc2ccccc2OC)c1O. The molecule has 0 saturated heterocycles. The fourth-order valence-electron chi connectivity index (χ4n) is 2.95. The molecule has 3 aromatic rings. The van der Waals surface area contributed by atoms with Crippen molar-refractivity contribution in [2.75, 3.05) is 23.9 Å². The molecule has 12 heteroatoms. The minimum Gasteiger partial charge on any atom is -0.504 e. The lowest BCUT2D eigenvalue weighted by Crippen LogP contribution is -2.15. The van der Waals surface area contributed by atoms with E-state index in [9.17, 15) is 23.6 Å². The second-order valence-electron chi connectivity index (χ2n) is 6.74. The predicted octanol–water partition coefficient (Wildman–Crippen LogP) is 3.95. The number of hydrogen-bond acceptors (Lipinski definition) is 9. The Morgan fingerprint density at radius 3 is 2.53 bits per heavy atom. The average Bonchev–Trinajstić information content (AvgIpc) is 2.81. The van der Waals surface area contributed by atoms with Gasteiger partial charge in [-0.3, -0.25) is 20.3 Å². The summed E-state index contributed by atoms with van der Waals surface area (Å²) in [6.07, 6.45) is 1.27. The summed E-state index contributed by atoms with van der Waals surface area (Å²) in [5.41, 5.74) is 2.60. The number of benzene rings is 3. The van der Waals surface area contributed by atoms with Crippen molar-refractivity contribution in [1.29, 1.82) is 0 Å². The Morgan fingerprint density at radius 2 is 1.82 bits per heavy atom. The number of nitrogens with one attached hydrogen (secondary N) is 2. The van der Waals surface area contributed by atoms with Gasteiger partial charge in [-0.2, -0.15) is 5.10 Å².